The molecule has 0 amide bonds. The van der Waals surface area contributed by atoms with Crippen molar-refractivity contribution in [2.24, 2.45) is 0 Å². The highest BCUT2D eigenvalue weighted by Gasteiger charge is 2.11. The minimum absolute atomic E-state index is 0. The molecular weight excluding hydrogens is 433 g/mol. The number of hydrogen-bond acceptors (Lipinski definition) is 5. The molecule has 0 unspecified atom stereocenters. The molecule has 0 aliphatic heterocycles. The molecule has 3 aromatic carbocycles. The van der Waals surface area contributed by atoms with Crippen LogP contribution in [0.5, 0.6) is 23.0 Å². The summed E-state index contributed by atoms with van der Waals surface area (Å²) < 4.78 is 35.3. The first kappa shape index (κ1) is 25.3. The van der Waals surface area contributed by atoms with Crippen LogP contribution in [0.15, 0.2) is 60.7 Å². The molecule has 0 atom stereocenters. The zero-order valence-corrected chi connectivity index (χ0v) is 19.3. The van der Waals surface area contributed by atoms with E-state index in [-0.39, 0.29) is 18.2 Å². The van der Waals surface area contributed by atoms with Crippen LogP contribution in [-0.4, -0.2) is 27.9 Å². The summed E-state index contributed by atoms with van der Waals surface area (Å²) in [5.74, 6) is 2.54. The van der Waals surface area contributed by atoms with Crippen molar-refractivity contribution in [1.82, 2.24) is 5.32 Å². The van der Waals surface area contributed by atoms with Gasteiger partial charge in [0, 0.05) is 12.1 Å². The average molecular weight is 462 g/mol. The summed E-state index contributed by atoms with van der Waals surface area (Å²) in [6.45, 7) is 1.74. The largest absolute Gasteiger partial charge is 0.493 e. The summed E-state index contributed by atoms with van der Waals surface area (Å²) in [7, 11) is 4.88. The Balaban J connectivity index is 0.00000363. The van der Waals surface area contributed by atoms with Crippen LogP contribution in [0.25, 0.3) is 0 Å². The number of benzene rings is 3. The molecule has 0 spiro atoms. The van der Waals surface area contributed by atoms with Crippen LogP contribution in [0.1, 0.15) is 16.7 Å². The molecule has 0 bridgehead atoms. The maximum atomic E-state index is 13.1. The second-order valence-electron chi connectivity index (χ2n) is 6.98. The van der Waals surface area contributed by atoms with Crippen LogP contribution in [-0.2, 0) is 19.6 Å². The average Bonchev–Trinajstić information content (AvgIpc) is 2.81. The number of para-hydroxylation sites is 1. The van der Waals surface area contributed by atoms with Crippen molar-refractivity contribution in [2.75, 3.05) is 27.9 Å². The molecule has 0 saturated carbocycles. The van der Waals surface area contributed by atoms with Gasteiger partial charge >= 0.3 is 0 Å². The lowest BCUT2D eigenvalue weighted by Crippen LogP contribution is -2.17. The lowest BCUT2D eigenvalue weighted by Gasteiger charge is -2.16. The summed E-state index contributed by atoms with van der Waals surface area (Å²) in [6, 6.07) is 18.0. The van der Waals surface area contributed by atoms with Crippen LogP contribution in [0, 0.1) is 5.82 Å². The van der Waals surface area contributed by atoms with Crippen LogP contribution in [0.2, 0.25) is 0 Å². The molecule has 0 fully saturated rings. The fourth-order valence-electron chi connectivity index (χ4n) is 3.25. The second-order valence-corrected chi connectivity index (χ2v) is 6.98. The molecule has 172 valence electrons. The van der Waals surface area contributed by atoms with Crippen LogP contribution in [0.4, 0.5) is 4.39 Å². The third kappa shape index (κ3) is 6.77. The fraction of sp³-hybridized carbons (Fsp3) is 0.280. The molecule has 5 nitrogen and oxygen atoms in total. The number of hydrogen-bond donors (Lipinski definition) is 1. The second kappa shape index (κ2) is 12.8. The van der Waals surface area contributed by atoms with E-state index in [0.29, 0.717) is 24.7 Å². The quantitative estimate of drug-likeness (QED) is 0.398. The van der Waals surface area contributed by atoms with Crippen LogP contribution in [0.3, 0.4) is 0 Å². The topological polar surface area (TPSA) is 49.0 Å². The minimum Gasteiger partial charge on any atom is -0.493 e. The first-order valence-corrected chi connectivity index (χ1v) is 10.1. The van der Waals surface area contributed by atoms with Crippen LogP contribution < -0.4 is 24.3 Å². The van der Waals surface area contributed by atoms with Crippen molar-refractivity contribution in [2.45, 2.75) is 19.6 Å². The summed E-state index contributed by atoms with van der Waals surface area (Å²) in [6.07, 6.45) is 0.843. The number of rotatable bonds is 11. The Hall–Kier alpha value is -2.96. The molecule has 0 aliphatic carbocycles. The SMILES string of the molecule is COc1ccc(CCNCc2cccc(OC)c2OCc2ccc(F)cc2)cc1OC.Cl. The van der Waals surface area contributed by atoms with Gasteiger partial charge in [-0.25, -0.2) is 4.39 Å². The highest BCUT2D eigenvalue weighted by atomic mass is 35.5. The smallest absolute Gasteiger partial charge is 0.166 e. The van der Waals surface area contributed by atoms with Crippen molar-refractivity contribution in [3.05, 3.63) is 83.2 Å². The fourth-order valence-corrected chi connectivity index (χ4v) is 3.25. The summed E-state index contributed by atoms with van der Waals surface area (Å²) in [5, 5.41) is 3.46. The molecule has 32 heavy (non-hydrogen) atoms. The number of methoxy groups -OCH3 is 3. The van der Waals surface area contributed by atoms with Gasteiger partial charge in [-0.05, 0) is 54.4 Å². The highest BCUT2D eigenvalue weighted by Crippen LogP contribution is 2.32. The van der Waals surface area contributed by atoms with Crippen molar-refractivity contribution in [3.8, 4) is 23.0 Å². The van der Waals surface area contributed by atoms with E-state index in [4.69, 9.17) is 18.9 Å². The van der Waals surface area contributed by atoms with Gasteiger partial charge in [0.15, 0.2) is 23.0 Å². The Labute approximate surface area is 194 Å². The molecule has 3 aromatic rings. The monoisotopic (exact) mass is 461 g/mol. The molecule has 0 aromatic heterocycles. The van der Waals surface area contributed by atoms with E-state index in [1.54, 1.807) is 33.5 Å². The number of nitrogens with one attached hydrogen (secondary N) is 1. The lowest BCUT2D eigenvalue weighted by molar-refractivity contribution is 0.280. The Morgan fingerprint density at radius 2 is 1.47 bits per heavy atom. The van der Waals surface area contributed by atoms with Gasteiger partial charge in [0.1, 0.15) is 12.4 Å². The zero-order chi connectivity index (χ0) is 22.1. The predicted molar refractivity (Wildman–Crippen MR) is 126 cm³/mol. The summed E-state index contributed by atoms with van der Waals surface area (Å²) in [4.78, 5) is 0. The first-order chi connectivity index (χ1) is 15.1. The van der Waals surface area contributed by atoms with Gasteiger partial charge in [-0.3, -0.25) is 0 Å². The normalized spacial score (nSPS) is 10.2. The third-order valence-electron chi connectivity index (χ3n) is 4.93. The van der Waals surface area contributed by atoms with Gasteiger partial charge in [-0.1, -0.05) is 30.3 Å². The van der Waals surface area contributed by atoms with Crippen molar-refractivity contribution in [3.63, 3.8) is 0 Å². The van der Waals surface area contributed by atoms with E-state index in [2.05, 4.69) is 5.32 Å². The van der Waals surface area contributed by atoms with Gasteiger partial charge in [-0.15, -0.1) is 12.4 Å². The minimum atomic E-state index is -0.264. The standard InChI is InChI=1S/C25H28FNO4.ClH/c1-28-22-12-9-18(15-24(22)30-3)13-14-27-16-20-5-4-6-23(29-2)25(20)31-17-19-7-10-21(26)11-8-19;/h4-12,15,27H,13-14,16-17H2,1-3H3;1H. The number of halogens is 2. The van der Waals surface area contributed by atoms with Crippen molar-refractivity contribution >= 4 is 12.4 Å². The van der Waals surface area contributed by atoms with Crippen molar-refractivity contribution < 1.29 is 23.3 Å². The van der Waals surface area contributed by atoms with E-state index in [9.17, 15) is 4.39 Å². The van der Waals surface area contributed by atoms with E-state index in [0.717, 1.165) is 41.2 Å². The van der Waals surface area contributed by atoms with Gasteiger partial charge < -0.3 is 24.3 Å². The first-order valence-electron chi connectivity index (χ1n) is 10.1. The molecule has 7 heteroatoms. The Morgan fingerprint density at radius 3 is 2.16 bits per heavy atom. The Morgan fingerprint density at radius 1 is 0.781 bits per heavy atom. The van der Waals surface area contributed by atoms with Gasteiger partial charge in [0.25, 0.3) is 0 Å². The Bertz CT molecular complexity index is 982. The van der Waals surface area contributed by atoms with E-state index >= 15 is 0 Å². The molecule has 1 N–H and O–H groups in total. The molecule has 3 rings (SSSR count). The van der Waals surface area contributed by atoms with Gasteiger partial charge in [0.2, 0.25) is 0 Å². The van der Waals surface area contributed by atoms with Gasteiger partial charge in [-0.2, -0.15) is 0 Å². The maximum absolute atomic E-state index is 13.1. The molecule has 0 saturated heterocycles. The zero-order valence-electron chi connectivity index (χ0n) is 18.5. The summed E-state index contributed by atoms with van der Waals surface area (Å²) >= 11 is 0. The van der Waals surface area contributed by atoms with E-state index < -0.39 is 0 Å². The van der Waals surface area contributed by atoms with E-state index in [1.165, 1.54) is 12.1 Å². The lowest BCUT2D eigenvalue weighted by atomic mass is 10.1. The third-order valence-corrected chi connectivity index (χ3v) is 4.93. The van der Waals surface area contributed by atoms with E-state index in [1.807, 2.05) is 36.4 Å². The molecule has 0 aliphatic rings. The summed E-state index contributed by atoms with van der Waals surface area (Å²) in [5.41, 5.74) is 3.04. The van der Waals surface area contributed by atoms with Crippen LogP contribution >= 0.6 is 12.4 Å². The Kier molecular flexibility index (Phi) is 10.1. The molecular formula is C25H29ClFNO4. The van der Waals surface area contributed by atoms with Crippen molar-refractivity contribution in [1.29, 1.82) is 0 Å². The number of ether oxygens (including phenoxy) is 4. The maximum Gasteiger partial charge on any atom is 0.166 e. The molecule has 0 radical (unpaired) electrons. The predicted octanol–water partition coefficient (Wildman–Crippen LogP) is 5.18. The highest BCUT2D eigenvalue weighted by molar-refractivity contribution is 5.85. The molecule has 0 heterocycles. The van der Waals surface area contributed by atoms with Gasteiger partial charge in [0.05, 0.1) is 21.3 Å².